The van der Waals surface area contributed by atoms with Gasteiger partial charge in [0.05, 0.1) is 5.71 Å². The fourth-order valence-corrected chi connectivity index (χ4v) is 0.121. The SMILES string of the molecule is C=C(F)/C(C)=N\C. The van der Waals surface area contributed by atoms with Crippen molar-refractivity contribution in [2.24, 2.45) is 4.99 Å². The van der Waals surface area contributed by atoms with Gasteiger partial charge in [-0.3, -0.25) is 4.99 Å². The molecule has 0 saturated carbocycles. The Morgan fingerprint density at radius 2 is 2.14 bits per heavy atom. The maximum Gasteiger partial charge on any atom is 0.136 e. The van der Waals surface area contributed by atoms with Gasteiger partial charge < -0.3 is 0 Å². The highest BCUT2D eigenvalue weighted by Crippen LogP contribution is 1.92. The molecule has 0 N–H and O–H groups in total. The summed E-state index contributed by atoms with van der Waals surface area (Å²) >= 11 is 0. The number of hydrogen-bond donors (Lipinski definition) is 0. The van der Waals surface area contributed by atoms with Crippen LogP contribution in [0.3, 0.4) is 0 Å². The Hall–Kier alpha value is -0.660. The predicted molar refractivity (Wildman–Crippen MR) is 29.3 cm³/mol. The predicted octanol–water partition coefficient (Wildman–Crippen LogP) is 1.56. The van der Waals surface area contributed by atoms with E-state index in [1.807, 2.05) is 0 Å². The molecule has 0 heterocycles. The Morgan fingerprint density at radius 1 is 1.71 bits per heavy atom. The fraction of sp³-hybridized carbons (Fsp3) is 0.400. The lowest BCUT2D eigenvalue weighted by molar-refractivity contribution is 0.684. The second kappa shape index (κ2) is 2.50. The van der Waals surface area contributed by atoms with Crippen molar-refractivity contribution in [1.82, 2.24) is 0 Å². The minimum absolute atomic E-state index is 0.361. The third-order valence-electron chi connectivity index (χ3n) is 0.728. The highest BCUT2D eigenvalue weighted by molar-refractivity contribution is 5.95. The van der Waals surface area contributed by atoms with Gasteiger partial charge in [0.2, 0.25) is 0 Å². The Morgan fingerprint density at radius 3 is 2.14 bits per heavy atom. The van der Waals surface area contributed by atoms with Crippen LogP contribution in [-0.2, 0) is 0 Å². The molecule has 0 aliphatic carbocycles. The van der Waals surface area contributed by atoms with Gasteiger partial charge in [0.1, 0.15) is 5.83 Å². The molecule has 0 aliphatic rings. The van der Waals surface area contributed by atoms with E-state index in [-0.39, 0.29) is 0 Å². The number of halogens is 1. The Balaban J connectivity index is 3.82. The molecule has 0 bridgehead atoms. The molecule has 0 atom stereocenters. The van der Waals surface area contributed by atoms with Gasteiger partial charge in [0.15, 0.2) is 0 Å². The number of allylic oxidation sites excluding steroid dienone is 1. The zero-order valence-electron chi connectivity index (χ0n) is 4.53. The van der Waals surface area contributed by atoms with E-state index in [2.05, 4.69) is 11.6 Å². The van der Waals surface area contributed by atoms with Crippen molar-refractivity contribution in [3.8, 4) is 0 Å². The number of nitrogens with zero attached hydrogens (tertiary/aromatic N) is 1. The number of hydrogen-bond acceptors (Lipinski definition) is 1. The van der Waals surface area contributed by atoms with Gasteiger partial charge in [-0.25, -0.2) is 4.39 Å². The summed E-state index contributed by atoms with van der Waals surface area (Å²) in [5, 5.41) is 0. The van der Waals surface area contributed by atoms with Gasteiger partial charge >= 0.3 is 0 Å². The minimum Gasteiger partial charge on any atom is -0.290 e. The average molecular weight is 101 g/mol. The normalized spacial score (nSPS) is 11.6. The lowest BCUT2D eigenvalue weighted by Gasteiger charge is -1.86. The van der Waals surface area contributed by atoms with E-state index in [0.29, 0.717) is 5.71 Å². The molecular weight excluding hydrogens is 93.1 g/mol. The molecule has 0 saturated heterocycles. The van der Waals surface area contributed by atoms with Crippen molar-refractivity contribution in [1.29, 1.82) is 0 Å². The molecule has 1 nitrogen and oxygen atoms in total. The minimum atomic E-state index is -0.456. The van der Waals surface area contributed by atoms with Crippen LogP contribution in [0.2, 0.25) is 0 Å². The summed E-state index contributed by atoms with van der Waals surface area (Å²) in [6.45, 7) is 4.60. The molecule has 40 valence electrons. The molecular formula is C5H8FN. The quantitative estimate of drug-likeness (QED) is 0.444. The number of rotatable bonds is 1. The van der Waals surface area contributed by atoms with Crippen molar-refractivity contribution in [2.45, 2.75) is 6.92 Å². The maximum absolute atomic E-state index is 11.8. The summed E-state index contributed by atoms with van der Waals surface area (Å²) in [5.41, 5.74) is 0.361. The van der Waals surface area contributed by atoms with Crippen LogP contribution in [0, 0.1) is 0 Å². The summed E-state index contributed by atoms with van der Waals surface area (Å²) in [4.78, 5) is 3.53. The third-order valence-corrected chi connectivity index (χ3v) is 0.728. The summed E-state index contributed by atoms with van der Waals surface area (Å²) in [5.74, 6) is -0.456. The van der Waals surface area contributed by atoms with Crippen molar-refractivity contribution >= 4 is 5.71 Å². The van der Waals surface area contributed by atoms with E-state index < -0.39 is 5.83 Å². The van der Waals surface area contributed by atoms with Crippen LogP contribution in [0.15, 0.2) is 17.4 Å². The van der Waals surface area contributed by atoms with Gasteiger partial charge in [0, 0.05) is 7.05 Å². The van der Waals surface area contributed by atoms with Gasteiger partial charge in [-0.15, -0.1) is 0 Å². The zero-order chi connectivity index (χ0) is 5.86. The second-order valence-electron chi connectivity index (χ2n) is 1.21. The first-order valence-corrected chi connectivity index (χ1v) is 1.96. The molecule has 0 aromatic rings. The lowest BCUT2D eigenvalue weighted by Crippen LogP contribution is -1.87. The first-order valence-electron chi connectivity index (χ1n) is 1.96. The fourth-order valence-electron chi connectivity index (χ4n) is 0.121. The molecule has 0 unspecified atom stereocenters. The van der Waals surface area contributed by atoms with Crippen molar-refractivity contribution < 1.29 is 4.39 Å². The molecule has 7 heavy (non-hydrogen) atoms. The summed E-state index contributed by atoms with van der Waals surface area (Å²) in [6, 6.07) is 0. The molecule has 0 aromatic heterocycles. The lowest BCUT2D eigenvalue weighted by atomic mass is 10.4. The molecule has 0 aromatic carbocycles. The van der Waals surface area contributed by atoms with Gasteiger partial charge in [-0.1, -0.05) is 6.58 Å². The van der Waals surface area contributed by atoms with E-state index in [9.17, 15) is 4.39 Å². The van der Waals surface area contributed by atoms with Crippen LogP contribution in [0.4, 0.5) is 4.39 Å². The standard InChI is InChI=1S/C5H8FN/c1-4(6)5(2)7-3/h1H2,2-3H3/b7-5-. The van der Waals surface area contributed by atoms with Crippen LogP contribution in [0.25, 0.3) is 0 Å². The average Bonchev–Trinajstić information content (AvgIpc) is 1.65. The van der Waals surface area contributed by atoms with E-state index >= 15 is 0 Å². The molecule has 2 heteroatoms. The topological polar surface area (TPSA) is 12.4 Å². The van der Waals surface area contributed by atoms with E-state index in [4.69, 9.17) is 0 Å². The molecule has 0 amide bonds. The summed E-state index contributed by atoms with van der Waals surface area (Å²) in [7, 11) is 1.53. The highest BCUT2D eigenvalue weighted by Gasteiger charge is 1.89. The van der Waals surface area contributed by atoms with Gasteiger partial charge in [-0.2, -0.15) is 0 Å². The first-order chi connectivity index (χ1) is 3.18. The van der Waals surface area contributed by atoms with Gasteiger partial charge in [0.25, 0.3) is 0 Å². The summed E-state index contributed by atoms with van der Waals surface area (Å²) in [6.07, 6.45) is 0. The second-order valence-corrected chi connectivity index (χ2v) is 1.21. The zero-order valence-corrected chi connectivity index (χ0v) is 4.53. The molecule has 0 spiro atoms. The first kappa shape index (κ1) is 6.34. The van der Waals surface area contributed by atoms with Crippen LogP contribution in [0.5, 0.6) is 0 Å². The highest BCUT2D eigenvalue weighted by atomic mass is 19.1. The Labute approximate surface area is 42.6 Å². The van der Waals surface area contributed by atoms with Crippen molar-refractivity contribution in [3.05, 3.63) is 12.4 Å². The van der Waals surface area contributed by atoms with Crippen molar-refractivity contribution in [3.63, 3.8) is 0 Å². The third kappa shape index (κ3) is 2.09. The van der Waals surface area contributed by atoms with Crippen LogP contribution in [-0.4, -0.2) is 12.8 Å². The van der Waals surface area contributed by atoms with E-state index in [1.54, 1.807) is 6.92 Å². The Kier molecular flexibility index (Phi) is 2.27. The van der Waals surface area contributed by atoms with Gasteiger partial charge in [-0.05, 0) is 6.92 Å². The smallest absolute Gasteiger partial charge is 0.136 e. The van der Waals surface area contributed by atoms with Crippen LogP contribution in [0.1, 0.15) is 6.92 Å². The van der Waals surface area contributed by atoms with E-state index in [1.165, 1.54) is 7.05 Å². The molecule has 0 aliphatic heterocycles. The molecule has 0 fully saturated rings. The summed E-state index contributed by atoms with van der Waals surface area (Å²) < 4.78 is 11.8. The molecule has 0 rings (SSSR count). The van der Waals surface area contributed by atoms with E-state index in [0.717, 1.165) is 0 Å². The van der Waals surface area contributed by atoms with Crippen LogP contribution < -0.4 is 0 Å². The Bertz CT molecular complexity index is 105. The molecule has 0 radical (unpaired) electrons. The van der Waals surface area contributed by atoms with Crippen LogP contribution >= 0.6 is 0 Å². The maximum atomic E-state index is 11.8. The monoisotopic (exact) mass is 101 g/mol. The van der Waals surface area contributed by atoms with Crippen molar-refractivity contribution in [2.75, 3.05) is 7.05 Å². The largest absolute Gasteiger partial charge is 0.290 e. The number of aliphatic imine (C=N–C) groups is 1.